The van der Waals surface area contributed by atoms with Crippen molar-refractivity contribution >= 4 is 28.6 Å². The minimum atomic E-state index is -4.85. The van der Waals surface area contributed by atoms with Gasteiger partial charge in [-0.05, 0) is 22.6 Å². The molecule has 9 heteroatoms. The predicted molar refractivity (Wildman–Crippen MR) is 65.9 cm³/mol. The molecule has 0 unspecified atom stereocenters. The number of carbonyl (C=O) groups is 1. The Morgan fingerprint density at radius 3 is 2.53 bits per heavy atom. The van der Waals surface area contributed by atoms with Gasteiger partial charge in [-0.15, -0.1) is 13.2 Å². The van der Waals surface area contributed by atoms with E-state index in [2.05, 4.69) is 14.5 Å². The van der Waals surface area contributed by atoms with E-state index >= 15 is 0 Å². The number of ether oxygens (including phenoxy) is 3. The molecule has 0 aliphatic rings. The number of alkyl halides is 3. The Balaban J connectivity index is 3.14. The van der Waals surface area contributed by atoms with Gasteiger partial charge in [0.25, 0.3) is 0 Å². The third-order valence-corrected chi connectivity index (χ3v) is 2.70. The van der Waals surface area contributed by atoms with Crippen LogP contribution in [-0.2, 0) is 16.0 Å². The van der Waals surface area contributed by atoms with Crippen LogP contribution in [0.5, 0.6) is 11.6 Å². The Morgan fingerprint density at radius 2 is 2.05 bits per heavy atom. The molecule has 0 radical (unpaired) electrons. The van der Waals surface area contributed by atoms with Gasteiger partial charge in [0.05, 0.1) is 20.6 Å². The molecule has 0 amide bonds. The van der Waals surface area contributed by atoms with Gasteiger partial charge in [-0.25, -0.2) is 4.98 Å². The predicted octanol–water partition coefficient (Wildman–Crippen LogP) is 2.31. The van der Waals surface area contributed by atoms with Gasteiger partial charge < -0.3 is 14.2 Å². The number of halogens is 4. The molecule has 1 heterocycles. The standard InChI is InChI=1S/C10H9F3INO4/c1-17-7(16)4-5-3-6(19-10(11,12)13)15-9(14)8(5)18-2/h3H,4H2,1-2H3. The van der Waals surface area contributed by atoms with Gasteiger partial charge in [0.15, 0.2) is 5.75 Å². The molecule has 0 fully saturated rings. The molecule has 0 saturated carbocycles. The number of esters is 1. The van der Waals surface area contributed by atoms with Crippen LogP contribution >= 0.6 is 22.6 Å². The topological polar surface area (TPSA) is 57.7 Å². The average molecular weight is 391 g/mol. The normalized spacial score (nSPS) is 11.1. The van der Waals surface area contributed by atoms with Crippen LogP contribution in [-0.4, -0.2) is 31.5 Å². The minimum Gasteiger partial charge on any atom is -0.494 e. The molecule has 0 aliphatic heterocycles. The third-order valence-electron chi connectivity index (χ3n) is 1.97. The van der Waals surface area contributed by atoms with Crippen molar-refractivity contribution in [3.05, 3.63) is 15.3 Å². The van der Waals surface area contributed by atoms with E-state index < -0.39 is 18.2 Å². The Hall–Kier alpha value is -1.26. The second-order valence-electron chi connectivity index (χ2n) is 3.24. The lowest BCUT2D eigenvalue weighted by Gasteiger charge is -2.13. The number of hydrogen-bond donors (Lipinski definition) is 0. The average Bonchev–Trinajstić information content (AvgIpc) is 2.26. The van der Waals surface area contributed by atoms with Crippen LogP contribution in [0.25, 0.3) is 0 Å². The van der Waals surface area contributed by atoms with Crippen molar-refractivity contribution in [1.82, 2.24) is 4.98 Å². The molecule has 1 aromatic heterocycles. The van der Waals surface area contributed by atoms with Crippen molar-refractivity contribution in [2.75, 3.05) is 14.2 Å². The molecule has 5 nitrogen and oxygen atoms in total. The van der Waals surface area contributed by atoms with Gasteiger partial charge in [0, 0.05) is 11.6 Å². The lowest BCUT2D eigenvalue weighted by Crippen LogP contribution is -2.19. The first kappa shape index (κ1) is 15.8. The summed E-state index contributed by atoms with van der Waals surface area (Å²) in [5.41, 5.74) is 0.202. The van der Waals surface area contributed by atoms with Crippen molar-refractivity contribution in [1.29, 1.82) is 0 Å². The van der Waals surface area contributed by atoms with Crippen LogP contribution in [0.2, 0.25) is 0 Å². The van der Waals surface area contributed by atoms with E-state index in [0.717, 1.165) is 6.07 Å². The highest BCUT2D eigenvalue weighted by Gasteiger charge is 2.32. The zero-order valence-electron chi connectivity index (χ0n) is 9.88. The van der Waals surface area contributed by atoms with Crippen molar-refractivity contribution in [2.24, 2.45) is 0 Å². The molecule has 0 aliphatic carbocycles. The zero-order chi connectivity index (χ0) is 14.6. The number of rotatable bonds is 4. The van der Waals surface area contributed by atoms with Crippen LogP contribution in [0.15, 0.2) is 6.07 Å². The number of nitrogens with zero attached hydrogens (tertiary/aromatic N) is 1. The number of aromatic nitrogens is 1. The van der Waals surface area contributed by atoms with Gasteiger partial charge in [-0.2, -0.15) is 0 Å². The molecular formula is C10H9F3INO4. The maximum atomic E-state index is 12.1. The lowest BCUT2D eigenvalue weighted by molar-refractivity contribution is -0.276. The SMILES string of the molecule is COC(=O)Cc1cc(OC(F)(F)F)nc(I)c1OC. The summed E-state index contributed by atoms with van der Waals surface area (Å²) in [4.78, 5) is 14.8. The molecule has 0 saturated heterocycles. The van der Waals surface area contributed by atoms with Gasteiger partial charge in [-0.1, -0.05) is 0 Å². The summed E-state index contributed by atoms with van der Waals surface area (Å²) >= 11 is 1.69. The van der Waals surface area contributed by atoms with Crippen molar-refractivity contribution in [3.63, 3.8) is 0 Å². The number of hydrogen-bond acceptors (Lipinski definition) is 5. The smallest absolute Gasteiger partial charge is 0.494 e. The molecule has 0 atom stereocenters. The highest BCUT2D eigenvalue weighted by molar-refractivity contribution is 14.1. The van der Waals surface area contributed by atoms with Crippen molar-refractivity contribution < 1.29 is 32.2 Å². The lowest BCUT2D eigenvalue weighted by atomic mass is 10.2. The molecule has 0 aromatic carbocycles. The monoisotopic (exact) mass is 391 g/mol. The highest BCUT2D eigenvalue weighted by Crippen LogP contribution is 2.30. The summed E-state index contributed by atoms with van der Waals surface area (Å²) in [6.07, 6.45) is -5.10. The molecular weight excluding hydrogens is 382 g/mol. The van der Waals surface area contributed by atoms with E-state index in [-0.39, 0.29) is 21.4 Å². The first-order valence-corrected chi connectivity index (χ1v) is 5.90. The quantitative estimate of drug-likeness (QED) is 0.448. The Bertz CT molecular complexity index is 479. The fourth-order valence-corrected chi connectivity index (χ4v) is 2.08. The van der Waals surface area contributed by atoms with E-state index in [0.29, 0.717) is 0 Å². The molecule has 19 heavy (non-hydrogen) atoms. The summed E-state index contributed by atoms with van der Waals surface area (Å²) in [7, 11) is 2.50. The number of methoxy groups -OCH3 is 2. The Kier molecular flexibility index (Phi) is 5.20. The summed E-state index contributed by atoms with van der Waals surface area (Å²) in [5.74, 6) is -1.06. The van der Waals surface area contributed by atoms with Crippen LogP contribution in [0.1, 0.15) is 5.56 Å². The first-order chi connectivity index (χ1) is 8.76. The van der Waals surface area contributed by atoms with Gasteiger partial charge >= 0.3 is 12.3 Å². The van der Waals surface area contributed by atoms with Gasteiger partial charge in [0.1, 0.15) is 3.70 Å². The fraction of sp³-hybridized carbons (Fsp3) is 0.400. The molecule has 0 bridgehead atoms. The number of pyridine rings is 1. The van der Waals surface area contributed by atoms with Gasteiger partial charge in [0.2, 0.25) is 5.88 Å². The zero-order valence-corrected chi connectivity index (χ0v) is 12.0. The van der Waals surface area contributed by atoms with Crippen LogP contribution < -0.4 is 9.47 Å². The summed E-state index contributed by atoms with van der Waals surface area (Å²) in [5, 5.41) is 0. The molecule has 0 N–H and O–H groups in total. The summed E-state index contributed by atoms with van der Waals surface area (Å²) < 4.78 is 49.7. The number of carbonyl (C=O) groups excluding carboxylic acids is 1. The molecule has 1 aromatic rings. The Labute approximate surface area is 120 Å². The third kappa shape index (κ3) is 4.73. The second-order valence-corrected chi connectivity index (χ2v) is 4.27. The summed E-state index contributed by atoms with van der Waals surface area (Å²) in [6.45, 7) is 0. The van der Waals surface area contributed by atoms with E-state index in [1.807, 2.05) is 0 Å². The van der Waals surface area contributed by atoms with Crippen LogP contribution in [0.3, 0.4) is 0 Å². The summed E-state index contributed by atoms with van der Waals surface area (Å²) in [6, 6.07) is 0.991. The highest BCUT2D eigenvalue weighted by atomic mass is 127. The Morgan fingerprint density at radius 1 is 1.42 bits per heavy atom. The van der Waals surface area contributed by atoms with Crippen molar-refractivity contribution in [2.45, 2.75) is 12.8 Å². The minimum absolute atomic E-state index is 0.153. The first-order valence-electron chi connectivity index (χ1n) is 4.82. The fourth-order valence-electron chi connectivity index (χ4n) is 1.27. The van der Waals surface area contributed by atoms with E-state index in [4.69, 9.17) is 4.74 Å². The molecule has 0 spiro atoms. The molecule has 106 valence electrons. The second kappa shape index (κ2) is 6.26. The maximum absolute atomic E-state index is 12.1. The van der Waals surface area contributed by atoms with Crippen LogP contribution in [0, 0.1) is 3.70 Å². The van der Waals surface area contributed by atoms with E-state index in [9.17, 15) is 18.0 Å². The van der Waals surface area contributed by atoms with E-state index in [1.165, 1.54) is 14.2 Å². The maximum Gasteiger partial charge on any atom is 0.574 e. The van der Waals surface area contributed by atoms with Crippen molar-refractivity contribution in [3.8, 4) is 11.6 Å². The van der Waals surface area contributed by atoms with E-state index in [1.54, 1.807) is 22.6 Å². The van der Waals surface area contributed by atoms with Gasteiger partial charge in [-0.3, -0.25) is 4.79 Å². The largest absolute Gasteiger partial charge is 0.574 e. The molecule has 1 rings (SSSR count). The van der Waals surface area contributed by atoms with Crippen LogP contribution in [0.4, 0.5) is 13.2 Å².